The molecule has 2 aromatic heterocycles. The first-order chi connectivity index (χ1) is 15.9. The zero-order chi connectivity index (χ0) is 25.0. The van der Waals surface area contributed by atoms with Crippen LogP contribution in [0.2, 0.25) is 0 Å². The average molecular weight is 647 g/mol. The number of aryl methyl sites for hydroxylation is 2. The number of allylic oxidation sites excluding steroid dienone is 2. The number of benzene rings is 2. The standard InChI is InChI=1S/C25H24NO.C5H8O2.Ir/c1-16-12-17(2)14-20(13-16)23-24-19(10-11-26-23)15-22(27-24)18-6-8-21(9-7-18)25(3,4)5;1-4(6)3-5(2)7;/h6-13,15H,1-5H3;3,6H,1-2H3;/q-1;;/b;4-3-;. The summed E-state index contributed by atoms with van der Waals surface area (Å²) in [5.74, 6) is 0.802. The molecule has 0 amide bonds. The Morgan fingerprint density at radius 2 is 1.69 bits per heavy atom. The Hall–Kier alpha value is -3.01. The number of hydrogen-bond acceptors (Lipinski definition) is 4. The second-order valence-electron chi connectivity index (χ2n) is 9.67. The second kappa shape index (κ2) is 11.6. The van der Waals surface area contributed by atoms with Gasteiger partial charge in [0.2, 0.25) is 0 Å². The summed E-state index contributed by atoms with van der Waals surface area (Å²) in [4.78, 5) is 14.6. The molecular weight excluding hydrogens is 615 g/mol. The quantitative estimate of drug-likeness (QED) is 0.140. The minimum Gasteiger partial charge on any atom is -0.512 e. The van der Waals surface area contributed by atoms with Crippen molar-refractivity contribution in [2.45, 2.75) is 53.9 Å². The largest absolute Gasteiger partial charge is 0.512 e. The van der Waals surface area contributed by atoms with E-state index in [4.69, 9.17) is 9.52 Å². The summed E-state index contributed by atoms with van der Waals surface area (Å²) in [5.41, 5.74) is 7.47. The predicted octanol–water partition coefficient (Wildman–Crippen LogP) is 7.91. The molecule has 0 spiro atoms. The number of fused-ring (bicyclic) bond motifs is 1. The van der Waals surface area contributed by atoms with E-state index in [0.717, 1.165) is 39.1 Å². The molecule has 4 aromatic rings. The zero-order valence-electron chi connectivity index (χ0n) is 21.3. The first kappa shape index (κ1) is 28.2. The summed E-state index contributed by atoms with van der Waals surface area (Å²) in [6, 6.07) is 20.3. The van der Waals surface area contributed by atoms with E-state index < -0.39 is 0 Å². The number of nitrogens with zero attached hydrogens (tertiary/aromatic N) is 1. The summed E-state index contributed by atoms with van der Waals surface area (Å²) >= 11 is 0. The third-order valence-electron chi connectivity index (χ3n) is 5.28. The number of carbonyl (C=O) groups is 1. The fraction of sp³-hybridized carbons (Fsp3) is 0.267. The number of aliphatic hydroxyl groups is 1. The fourth-order valence-electron chi connectivity index (χ4n) is 3.75. The van der Waals surface area contributed by atoms with Gasteiger partial charge in [-0.1, -0.05) is 58.9 Å². The van der Waals surface area contributed by atoms with Gasteiger partial charge in [-0.25, -0.2) is 0 Å². The van der Waals surface area contributed by atoms with Gasteiger partial charge in [0.05, 0.1) is 5.76 Å². The minimum atomic E-state index is -0.125. The molecular formula is C30H32IrNO3-. The Morgan fingerprint density at radius 1 is 1.03 bits per heavy atom. The third-order valence-corrected chi connectivity index (χ3v) is 5.28. The van der Waals surface area contributed by atoms with Crippen LogP contribution in [0.4, 0.5) is 0 Å². The van der Waals surface area contributed by atoms with Crippen LogP contribution in [0.1, 0.15) is 51.3 Å². The number of pyridine rings is 1. The molecule has 0 atom stereocenters. The van der Waals surface area contributed by atoms with Crippen LogP contribution >= 0.6 is 0 Å². The molecule has 0 unspecified atom stereocenters. The van der Waals surface area contributed by atoms with Crippen LogP contribution in [0.3, 0.4) is 0 Å². The van der Waals surface area contributed by atoms with Gasteiger partial charge in [-0.3, -0.25) is 4.79 Å². The van der Waals surface area contributed by atoms with E-state index in [1.54, 1.807) is 0 Å². The van der Waals surface area contributed by atoms with Gasteiger partial charge in [-0.05, 0) is 37.0 Å². The van der Waals surface area contributed by atoms with E-state index in [0.29, 0.717) is 0 Å². The molecule has 2 heterocycles. The van der Waals surface area contributed by atoms with Crippen molar-refractivity contribution in [3.63, 3.8) is 0 Å². The second-order valence-corrected chi connectivity index (χ2v) is 9.67. The summed E-state index contributed by atoms with van der Waals surface area (Å²) in [5, 5.41) is 9.42. The molecule has 2 aromatic carbocycles. The van der Waals surface area contributed by atoms with E-state index in [-0.39, 0.29) is 37.1 Å². The van der Waals surface area contributed by atoms with E-state index in [1.807, 2.05) is 12.3 Å². The van der Waals surface area contributed by atoms with Crippen molar-refractivity contribution in [1.82, 2.24) is 4.98 Å². The SMILES string of the molecule is CC(=O)/C=C(/C)O.Cc1[c-]c(-c2nccc3cc(-c4ccc(C(C)(C)C)cc4)oc23)cc(C)c1.[Ir]. The molecule has 4 rings (SSSR count). The number of aromatic nitrogens is 1. The van der Waals surface area contributed by atoms with Crippen LogP contribution in [0.5, 0.6) is 0 Å². The maximum atomic E-state index is 10.0. The number of furan rings is 1. The summed E-state index contributed by atoms with van der Waals surface area (Å²) in [6.07, 6.45) is 3.01. The third kappa shape index (κ3) is 7.48. The Labute approximate surface area is 221 Å². The average Bonchev–Trinajstić information content (AvgIpc) is 3.16. The van der Waals surface area contributed by atoms with Crippen LogP contribution in [-0.4, -0.2) is 15.9 Å². The van der Waals surface area contributed by atoms with Crippen molar-refractivity contribution in [2.24, 2.45) is 0 Å². The summed E-state index contributed by atoms with van der Waals surface area (Å²) < 4.78 is 6.26. The van der Waals surface area contributed by atoms with E-state index >= 15 is 0 Å². The van der Waals surface area contributed by atoms with Gasteiger partial charge >= 0.3 is 0 Å². The molecule has 1 N–H and O–H groups in total. The van der Waals surface area contributed by atoms with Crippen LogP contribution in [0, 0.1) is 19.9 Å². The molecule has 35 heavy (non-hydrogen) atoms. The van der Waals surface area contributed by atoms with Gasteiger partial charge in [0.15, 0.2) is 5.78 Å². The minimum absolute atomic E-state index is 0. The Kier molecular flexibility index (Phi) is 9.37. The normalized spacial score (nSPS) is 11.5. The number of ketones is 1. The van der Waals surface area contributed by atoms with Crippen molar-refractivity contribution >= 4 is 16.8 Å². The number of carbonyl (C=O) groups excluding carboxylic acids is 1. The molecule has 0 aliphatic heterocycles. The first-order valence-electron chi connectivity index (χ1n) is 11.3. The Bertz CT molecular complexity index is 1320. The molecule has 0 fully saturated rings. The molecule has 0 aliphatic rings. The first-order valence-corrected chi connectivity index (χ1v) is 11.3. The van der Waals surface area contributed by atoms with Crippen LogP contribution in [-0.2, 0) is 30.3 Å². The van der Waals surface area contributed by atoms with Gasteiger partial charge in [0, 0.05) is 49.0 Å². The van der Waals surface area contributed by atoms with E-state index in [2.05, 4.69) is 88.1 Å². The van der Waals surface area contributed by atoms with Gasteiger partial charge < -0.3 is 14.5 Å². The number of rotatable bonds is 3. The molecule has 0 saturated heterocycles. The van der Waals surface area contributed by atoms with Crippen LogP contribution < -0.4 is 0 Å². The van der Waals surface area contributed by atoms with Gasteiger partial charge in [-0.15, -0.1) is 34.9 Å². The number of hydrogen-bond donors (Lipinski definition) is 1. The van der Waals surface area contributed by atoms with Crippen molar-refractivity contribution in [1.29, 1.82) is 0 Å². The van der Waals surface area contributed by atoms with Crippen molar-refractivity contribution in [3.8, 4) is 22.6 Å². The van der Waals surface area contributed by atoms with Crippen molar-refractivity contribution in [3.05, 3.63) is 89.3 Å². The van der Waals surface area contributed by atoms with Crippen molar-refractivity contribution < 1.29 is 34.4 Å². The number of aliphatic hydroxyl groups excluding tert-OH is 1. The molecule has 185 valence electrons. The molecule has 5 heteroatoms. The zero-order valence-corrected chi connectivity index (χ0v) is 23.7. The van der Waals surface area contributed by atoms with Crippen molar-refractivity contribution in [2.75, 3.05) is 0 Å². The molecule has 0 bridgehead atoms. The maximum Gasteiger partial charge on any atom is 0.155 e. The van der Waals surface area contributed by atoms with Gasteiger partial charge in [0.1, 0.15) is 11.3 Å². The Balaban J connectivity index is 0.000000476. The molecule has 1 radical (unpaired) electrons. The van der Waals surface area contributed by atoms with E-state index in [9.17, 15) is 4.79 Å². The maximum absolute atomic E-state index is 10.0. The van der Waals surface area contributed by atoms with E-state index in [1.165, 1.54) is 31.1 Å². The van der Waals surface area contributed by atoms with Crippen LogP contribution in [0.25, 0.3) is 33.6 Å². The molecule has 0 aliphatic carbocycles. The van der Waals surface area contributed by atoms with Gasteiger partial charge in [0.25, 0.3) is 0 Å². The van der Waals surface area contributed by atoms with Gasteiger partial charge in [-0.2, -0.15) is 0 Å². The smallest absolute Gasteiger partial charge is 0.155 e. The summed E-state index contributed by atoms with van der Waals surface area (Å²) in [7, 11) is 0. The molecule has 4 nitrogen and oxygen atoms in total. The molecule has 0 saturated carbocycles. The Morgan fingerprint density at radius 3 is 2.20 bits per heavy atom. The topological polar surface area (TPSA) is 63.3 Å². The monoisotopic (exact) mass is 647 g/mol. The predicted molar refractivity (Wildman–Crippen MR) is 139 cm³/mol. The fourth-order valence-corrected chi connectivity index (χ4v) is 3.75. The summed E-state index contributed by atoms with van der Waals surface area (Å²) in [6.45, 7) is 13.7. The van der Waals surface area contributed by atoms with Crippen LogP contribution in [0.15, 0.2) is 71.0 Å².